The van der Waals surface area contributed by atoms with E-state index in [1.807, 2.05) is 56.3 Å². The van der Waals surface area contributed by atoms with Crippen LogP contribution in [0.1, 0.15) is 47.1 Å². The molecule has 0 saturated heterocycles. The minimum absolute atomic E-state index is 0.0793. The number of nitrogens with zero attached hydrogens (tertiary/aromatic N) is 3. The summed E-state index contributed by atoms with van der Waals surface area (Å²) >= 11 is 0. The first-order valence-electron chi connectivity index (χ1n) is 11.6. The van der Waals surface area contributed by atoms with Crippen LogP contribution in [0.15, 0.2) is 95.7 Å². The molecule has 180 valence electrons. The highest BCUT2D eigenvalue weighted by molar-refractivity contribution is 6.32. The molecule has 0 saturated carbocycles. The van der Waals surface area contributed by atoms with Gasteiger partial charge in [0, 0.05) is 17.1 Å². The number of rotatable bonds is 4. The van der Waals surface area contributed by atoms with Crippen molar-refractivity contribution in [1.29, 1.82) is 0 Å². The summed E-state index contributed by atoms with van der Waals surface area (Å²) in [5.74, 6) is -1.53. The third-order valence-electron chi connectivity index (χ3n) is 5.67. The number of hydrogen-bond acceptors (Lipinski definition) is 4. The lowest BCUT2D eigenvalue weighted by atomic mass is 10.1. The van der Waals surface area contributed by atoms with Crippen LogP contribution in [0.3, 0.4) is 0 Å². The van der Waals surface area contributed by atoms with Gasteiger partial charge in [-0.05, 0) is 67.1 Å². The highest BCUT2D eigenvalue weighted by Gasteiger charge is 2.29. The van der Waals surface area contributed by atoms with E-state index in [0.29, 0.717) is 22.5 Å². The largest absolute Gasteiger partial charge is 0.478 e. The molecule has 1 N–H and O–H groups in total. The van der Waals surface area contributed by atoms with E-state index in [9.17, 15) is 19.5 Å². The Kier molecular flexibility index (Phi) is 6.92. The van der Waals surface area contributed by atoms with Crippen LogP contribution in [0.2, 0.25) is 0 Å². The third-order valence-corrected chi connectivity index (χ3v) is 5.67. The van der Waals surface area contributed by atoms with Gasteiger partial charge in [-0.3, -0.25) is 14.2 Å². The predicted octanol–water partition coefficient (Wildman–Crippen LogP) is 5.86. The fraction of sp³-hybridized carbons (Fsp3) is 0.103. The van der Waals surface area contributed by atoms with E-state index in [2.05, 4.69) is 5.10 Å². The molecule has 4 aromatic rings. The molecule has 0 bridgehead atoms. The van der Waals surface area contributed by atoms with Crippen molar-refractivity contribution in [3.8, 4) is 0 Å². The average molecular weight is 480 g/mol. The molecule has 0 unspecified atom stereocenters. The first kappa shape index (κ1) is 24.3. The van der Waals surface area contributed by atoms with Gasteiger partial charge in [0.1, 0.15) is 0 Å². The summed E-state index contributed by atoms with van der Waals surface area (Å²) in [6.45, 7) is 5.73. The van der Waals surface area contributed by atoms with Crippen molar-refractivity contribution >= 4 is 46.2 Å². The Morgan fingerprint density at radius 3 is 2.33 bits per heavy atom. The van der Waals surface area contributed by atoms with Crippen molar-refractivity contribution in [3.05, 3.63) is 107 Å². The summed E-state index contributed by atoms with van der Waals surface area (Å²) in [4.78, 5) is 37.2. The molecule has 7 heteroatoms. The zero-order valence-corrected chi connectivity index (χ0v) is 20.2. The van der Waals surface area contributed by atoms with E-state index in [1.54, 1.807) is 48.0 Å². The standard InChI is InChI=1S/C27H19N3O4.C2H6/c1-17-23(26(32)30(28-17)22-9-5-8-21(16-22)27(33)34)15-18-10-11-24-20(14-18)12-13-29(24)25(31)19-6-3-2-4-7-19;1-2/h2-16H,1H3,(H,33,34);1-2H3/b23-15-;. The number of hydrogen-bond donors (Lipinski definition) is 1. The van der Waals surface area contributed by atoms with Crippen LogP contribution in [0, 0.1) is 0 Å². The van der Waals surface area contributed by atoms with Gasteiger partial charge >= 0.3 is 5.97 Å². The number of benzene rings is 3. The van der Waals surface area contributed by atoms with Crippen LogP contribution in [-0.2, 0) is 4.79 Å². The van der Waals surface area contributed by atoms with Gasteiger partial charge in [-0.1, -0.05) is 44.2 Å². The van der Waals surface area contributed by atoms with Crippen molar-refractivity contribution in [1.82, 2.24) is 4.57 Å². The quantitative estimate of drug-likeness (QED) is 0.371. The maximum absolute atomic E-state index is 13.1. The minimum atomic E-state index is -1.07. The molecule has 1 aliphatic rings. The van der Waals surface area contributed by atoms with E-state index in [0.717, 1.165) is 16.5 Å². The van der Waals surface area contributed by atoms with E-state index < -0.39 is 5.97 Å². The molecule has 1 aliphatic heterocycles. The molecular formula is C29H25N3O4. The Bertz CT molecular complexity index is 1530. The van der Waals surface area contributed by atoms with Gasteiger partial charge in [-0.25, -0.2) is 4.79 Å². The smallest absolute Gasteiger partial charge is 0.335 e. The fourth-order valence-electron chi connectivity index (χ4n) is 3.94. The molecule has 0 fully saturated rings. The molecule has 0 atom stereocenters. The van der Waals surface area contributed by atoms with E-state index in [1.165, 1.54) is 17.1 Å². The summed E-state index contributed by atoms with van der Waals surface area (Å²) < 4.78 is 1.60. The maximum Gasteiger partial charge on any atom is 0.335 e. The van der Waals surface area contributed by atoms with Gasteiger partial charge < -0.3 is 5.11 Å². The molecule has 1 amide bonds. The number of fused-ring (bicyclic) bond motifs is 1. The first-order valence-corrected chi connectivity index (χ1v) is 11.6. The van der Waals surface area contributed by atoms with Crippen LogP contribution < -0.4 is 5.01 Å². The second-order valence-corrected chi connectivity index (χ2v) is 7.89. The summed E-state index contributed by atoms with van der Waals surface area (Å²) in [7, 11) is 0. The van der Waals surface area contributed by atoms with Gasteiger partial charge in [0.25, 0.3) is 11.8 Å². The molecule has 1 aromatic heterocycles. The predicted molar refractivity (Wildman–Crippen MR) is 141 cm³/mol. The molecule has 5 rings (SSSR count). The monoisotopic (exact) mass is 479 g/mol. The summed E-state index contributed by atoms with van der Waals surface area (Å²) in [6.07, 6.45) is 3.49. The van der Waals surface area contributed by atoms with Crippen LogP contribution >= 0.6 is 0 Å². The lowest BCUT2D eigenvalue weighted by molar-refractivity contribution is -0.114. The van der Waals surface area contributed by atoms with Crippen LogP contribution in [0.4, 0.5) is 5.69 Å². The highest BCUT2D eigenvalue weighted by Crippen LogP contribution is 2.27. The van der Waals surface area contributed by atoms with Gasteiger partial charge in [0.15, 0.2) is 0 Å². The van der Waals surface area contributed by atoms with Crippen molar-refractivity contribution in [2.24, 2.45) is 5.10 Å². The van der Waals surface area contributed by atoms with E-state index >= 15 is 0 Å². The van der Waals surface area contributed by atoms with Crippen LogP contribution in [0.25, 0.3) is 17.0 Å². The Balaban J connectivity index is 0.00000148. The number of hydrazone groups is 1. The van der Waals surface area contributed by atoms with Gasteiger partial charge in [-0.15, -0.1) is 0 Å². The van der Waals surface area contributed by atoms with Crippen molar-refractivity contribution in [2.75, 3.05) is 5.01 Å². The normalized spacial score (nSPS) is 14.0. The van der Waals surface area contributed by atoms with Crippen LogP contribution in [-0.4, -0.2) is 33.2 Å². The molecule has 0 spiro atoms. The number of aromatic nitrogens is 1. The molecule has 0 aliphatic carbocycles. The van der Waals surface area contributed by atoms with Crippen molar-refractivity contribution in [3.63, 3.8) is 0 Å². The number of carboxylic acid groups (broad SMARTS) is 1. The number of carbonyl (C=O) groups excluding carboxylic acids is 2. The van der Waals surface area contributed by atoms with E-state index in [-0.39, 0.29) is 17.4 Å². The first-order chi connectivity index (χ1) is 17.4. The Morgan fingerprint density at radius 2 is 1.61 bits per heavy atom. The number of amides is 1. The van der Waals surface area contributed by atoms with Gasteiger partial charge in [0.05, 0.1) is 28.1 Å². The molecule has 3 aromatic carbocycles. The lowest BCUT2D eigenvalue weighted by Gasteiger charge is -2.12. The topological polar surface area (TPSA) is 92.0 Å². The molecule has 7 nitrogen and oxygen atoms in total. The second kappa shape index (κ2) is 10.2. The maximum atomic E-state index is 13.1. The zero-order chi connectivity index (χ0) is 25.8. The SMILES string of the molecule is CC.CC1=NN(c2cccc(C(=O)O)c2)C(=O)/C1=C\c1ccc2c(ccn2C(=O)c2ccccc2)c1. The van der Waals surface area contributed by atoms with E-state index in [4.69, 9.17) is 0 Å². The Labute approximate surface area is 208 Å². The minimum Gasteiger partial charge on any atom is -0.478 e. The number of carbonyl (C=O) groups is 3. The number of carboxylic acids is 1. The highest BCUT2D eigenvalue weighted by atomic mass is 16.4. The van der Waals surface area contributed by atoms with Crippen molar-refractivity contribution in [2.45, 2.75) is 20.8 Å². The summed E-state index contributed by atoms with van der Waals surface area (Å²) in [5, 5.41) is 15.6. The Morgan fingerprint density at radius 1 is 0.889 bits per heavy atom. The summed E-state index contributed by atoms with van der Waals surface area (Å²) in [6, 6.07) is 22.6. The Hall–Kier alpha value is -4.78. The summed E-state index contributed by atoms with van der Waals surface area (Å²) in [5.41, 5.74) is 3.57. The second-order valence-electron chi connectivity index (χ2n) is 7.89. The fourth-order valence-corrected chi connectivity index (χ4v) is 3.94. The van der Waals surface area contributed by atoms with Gasteiger partial charge in [-0.2, -0.15) is 10.1 Å². The molecular weight excluding hydrogens is 454 g/mol. The third kappa shape index (κ3) is 4.59. The lowest BCUT2D eigenvalue weighted by Crippen LogP contribution is -2.21. The number of aromatic carboxylic acids is 1. The van der Waals surface area contributed by atoms with Crippen LogP contribution in [0.5, 0.6) is 0 Å². The van der Waals surface area contributed by atoms with Crippen molar-refractivity contribution < 1.29 is 19.5 Å². The molecule has 2 heterocycles. The number of anilines is 1. The average Bonchev–Trinajstić information content (AvgIpc) is 3.46. The molecule has 36 heavy (non-hydrogen) atoms. The van der Waals surface area contributed by atoms with Gasteiger partial charge in [0.2, 0.25) is 0 Å². The zero-order valence-electron chi connectivity index (χ0n) is 20.2. The molecule has 0 radical (unpaired) electrons.